The van der Waals surface area contributed by atoms with Crippen LogP contribution in [0.4, 0.5) is 5.69 Å². The van der Waals surface area contributed by atoms with Gasteiger partial charge in [-0.1, -0.05) is 30.3 Å². The number of hydrogen-bond acceptors (Lipinski definition) is 4. The van der Waals surface area contributed by atoms with E-state index in [9.17, 15) is 19.7 Å². The Labute approximate surface area is 123 Å². The summed E-state index contributed by atoms with van der Waals surface area (Å²) in [5, 5.41) is 10.8. The number of aromatic amines is 1. The van der Waals surface area contributed by atoms with Gasteiger partial charge in [0.2, 0.25) is 0 Å². The summed E-state index contributed by atoms with van der Waals surface area (Å²) in [6.45, 7) is 0.220. The van der Waals surface area contributed by atoms with Gasteiger partial charge in [0.05, 0.1) is 22.5 Å². The van der Waals surface area contributed by atoms with Gasteiger partial charge in [0.1, 0.15) is 0 Å². The van der Waals surface area contributed by atoms with E-state index in [0.29, 0.717) is 5.52 Å². The van der Waals surface area contributed by atoms with E-state index in [-0.39, 0.29) is 17.7 Å². The van der Waals surface area contributed by atoms with Crippen LogP contribution in [0.15, 0.2) is 58.1 Å². The summed E-state index contributed by atoms with van der Waals surface area (Å²) in [5.74, 6) is 0. The van der Waals surface area contributed by atoms with Gasteiger partial charge in [0.25, 0.3) is 5.69 Å². The summed E-state index contributed by atoms with van der Waals surface area (Å²) < 4.78 is 1.31. The Balaban J connectivity index is 2.24. The first kappa shape index (κ1) is 13.7. The van der Waals surface area contributed by atoms with Crippen LogP contribution in [0, 0.1) is 10.1 Å². The highest BCUT2D eigenvalue weighted by atomic mass is 16.6. The first-order valence-electron chi connectivity index (χ1n) is 6.51. The fraction of sp³-hybridized carbons (Fsp3) is 0.0667. The van der Waals surface area contributed by atoms with Crippen molar-refractivity contribution in [1.82, 2.24) is 9.55 Å². The Morgan fingerprint density at radius 3 is 2.50 bits per heavy atom. The SMILES string of the molecule is O=c1[nH]c2cc([N+](=O)[O-])ccc2n(Cc2ccccc2)c1=O. The second-order valence-electron chi connectivity index (χ2n) is 4.79. The van der Waals surface area contributed by atoms with E-state index < -0.39 is 16.0 Å². The number of rotatable bonds is 3. The minimum absolute atomic E-state index is 0.145. The first-order chi connectivity index (χ1) is 10.6. The maximum absolute atomic E-state index is 12.1. The average Bonchev–Trinajstić information content (AvgIpc) is 2.52. The zero-order valence-electron chi connectivity index (χ0n) is 11.4. The molecular formula is C15H11N3O4. The van der Waals surface area contributed by atoms with Crippen molar-refractivity contribution in [3.8, 4) is 0 Å². The molecule has 110 valence electrons. The molecular weight excluding hydrogens is 286 g/mol. The van der Waals surface area contributed by atoms with Crippen LogP contribution < -0.4 is 11.1 Å². The van der Waals surface area contributed by atoms with Crippen LogP contribution in [-0.4, -0.2) is 14.5 Å². The van der Waals surface area contributed by atoms with Crippen molar-refractivity contribution in [3.05, 3.63) is 84.9 Å². The number of nitro groups is 1. The number of nitrogens with one attached hydrogen (secondary N) is 1. The zero-order valence-corrected chi connectivity index (χ0v) is 11.4. The fourth-order valence-corrected chi connectivity index (χ4v) is 2.30. The van der Waals surface area contributed by atoms with Gasteiger partial charge in [-0.05, 0) is 11.6 Å². The number of fused-ring (bicyclic) bond motifs is 1. The number of H-pyrrole nitrogens is 1. The van der Waals surface area contributed by atoms with Gasteiger partial charge in [-0.25, -0.2) is 0 Å². The molecule has 0 fully saturated rings. The molecule has 1 aromatic heterocycles. The van der Waals surface area contributed by atoms with Crippen LogP contribution in [0.25, 0.3) is 11.0 Å². The lowest BCUT2D eigenvalue weighted by Gasteiger charge is -2.09. The Hall–Kier alpha value is -3.22. The second-order valence-corrected chi connectivity index (χ2v) is 4.79. The van der Waals surface area contributed by atoms with Crippen molar-refractivity contribution in [2.45, 2.75) is 6.54 Å². The molecule has 0 unspecified atom stereocenters. The van der Waals surface area contributed by atoms with Crippen molar-refractivity contribution < 1.29 is 4.92 Å². The van der Waals surface area contributed by atoms with Gasteiger partial charge < -0.3 is 4.98 Å². The third-order valence-corrected chi connectivity index (χ3v) is 3.35. The number of benzene rings is 2. The molecule has 3 rings (SSSR count). The quantitative estimate of drug-likeness (QED) is 0.451. The van der Waals surface area contributed by atoms with Crippen LogP contribution in [0.5, 0.6) is 0 Å². The molecule has 2 aromatic carbocycles. The van der Waals surface area contributed by atoms with E-state index in [2.05, 4.69) is 4.98 Å². The van der Waals surface area contributed by atoms with Gasteiger partial charge in [-0.15, -0.1) is 0 Å². The van der Waals surface area contributed by atoms with E-state index in [1.54, 1.807) is 0 Å². The molecule has 0 atom stereocenters. The van der Waals surface area contributed by atoms with Crippen LogP contribution >= 0.6 is 0 Å². The molecule has 1 N–H and O–H groups in total. The molecule has 7 heteroatoms. The van der Waals surface area contributed by atoms with Crippen LogP contribution in [0.3, 0.4) is 0 Å². The summed E-state index contributed by atoms with van der Waals surface area (Å²) in [7, 11) is 0. The summed E-state index contributed by atoms with van der Waals surface area (Å²) in [5.41, 5.74) is -0.0779. The van der Waals surface area contributed by atoms with Gasteiger partial charge in [-0.3, -0.25) is 24.3 Å². The lowest BCUT2D eigenvalue weighted by molar-refractivity contribution is -0.384. The minimum atomic E-state index is -0.802. The summed E-state index contributed by atoms with van der Waals surface area (Å²) in [4.78, 5) is 36.5. The third-order valence-electron chi connectivity index (χ3n) is 3.35. The predicted molar refractivity (Wildman–Crippen MR) is 81.0 cm³/mol. The fourth-order valence-electron chi connectivity index (χ4n) is 2.30. The number of nitro benzene ring substituents is 1. The maximum atomic E-state index is 12.1. The smallest absolute Gasteiger partial charge is 0.316 e. The number of aromatic nitrogens is 2. The van der Waals surface area contributed by atoms with E-state index in [1.165, 1.54) is 22.8 Å². The topological polar surface area (TPSA) is 98.0 Å². The van der Waals surface area contributed by atoms with E-state index >= 15 is 0 Å². The molecule has 0 bridgehead atoms. The highest BCUT2D eigenvalue weighted by molar-refractivity contribution is 5.77. The molecule has 22 heavy (non-hydrogen) atoms. The molecule has 7 nitrogen and oxygen atoms in total. The Kier molecular flexibility index (Phi) is 3.30. The molecule has 0 amide bonds. The van der Waals surface area contributed by atoms with Crippen LogP contribution in [0.2, 0.25) is 0 Å². The molecule has 0 saturated heterocycles. The third kappa shape index (κ3) is 2.39. The molecule has 0 aliphatic rings. The van der Waals surface area contributed by atoms with E-state index in [0.717, 1.165) is 5.56 Å². The lowest BCUT2D eigenvalue weighted by Crippen LogP contribution is -2.36. The van der Waals surface area contributed by atoms with Crippen molar-refractivity contribution in [2.75, 3.05) is 0 Å². The van der Waals surface area contributed by atoms with Crippen molar-refractivity contribution >= 4 is 16.7 Å². The maximum Gasteiger partial charge on any atom is 0.317 e. The van der Waals surface area contributed by atoms with Gasteiger partial charge in [0, 0.05) is 12.1 Å². The second kappa shape index (κ2) is 5.28. The Bertz CT molecular complexity index is 973. The predicted octanol–water partition coefficient (Wildman–Crippen LogP) is 1.65. The molecule has 0 spiro atoms. The molecule has 0 aliphatic heterocycles. The minimum Gasteiger partial charge on any atom is -0.316 e. The number of nitrogens with zero attached hydrogens (tertiary/aromatic N) is 2. The van der Waals surface area contributed by atoms with Gasteiger partial charge in [0.15, 0.2) is 0 Å². The van der Waals surface area contributed by atoms with Crippen molar-refractivity contribution in [2.24, 2.45) is 0 Å². The summed E-state index contributed by atoms with van der Waals surface area (Å²) in [6, 6.07) is 13.2. The average molecular weight is 297 g/mol. The van der Waals surface area contributed by atoms with E-state index in [1.807, 2.05) is 30.3 Å². The zero-order chi connectivity index (χ0) is 15.7. The molecule has 1 heterocycles. The van der Waals surface area contributed by atoms with E-state index in [4.69, 9.17) is 0 Å². The van der Waals surface area contributed by atoms with Crippen LogP contribution in [-0.2, 0) is 6.54 Å². The lowest BCUT2D eigenvalue weighted by atomic mass is 10.2. The first-order valence-corrected chi connectivity index (χ1v) is 6.51. The highest BCUT2D eigenvalue weighted by Gasteiger charge is 2.12. The highest BCUT2D eigenvalue weighted by Crippen LogP contribution is 2.18. The number of non-ortho nitro benzene ring substituents is 1. The number of hydrogen-bond donors (Lipinski definition) is 1. The normalized spacial score (nSPS) is 10.7. The standard InChI is InChI=1S/C15H11N3O4/c19-14-15(20)17(9-10-4-2-1-3-5-10)13-7-6-11(18(21)22)8-12(13)16-14/h1-8H,9H2,(H,16,19). The summed E-state index contributed by atoms with van der Waals surface area (Å²) in [6.07, 6.45) is 0. The molecule has 3 aromatic rings. The largest absolute Gasteiger partial charge is 0.317 e. The van der Waals surface area contributed by atoms with Gasteiger partial charge in [-0.2, -0.15) is 0 Å². The molecule has 0 radical (unpaired) electrons. The molecule has 0 saturated carbocycles. The Morgan fingerprint density at radius 1 is 1.09 bits per heavy atom. The van der Waals surface area contributed by atoms with Crippen LogP contribution in [0.1, 0.15) is 5.56 Å². The van der Waals surface area contributed by atoms with Gasteiger partial charge >= 0.3 is 11.1 Å². The van der Waals surface area contributed by atoms with Crippen molar-refractivity contribution in [1.29, 1.82) is 0 Å². The Morgan fingerprint density at radius 2 is 1.82 bits per heavy atom. The monoisotopic (exact) mass is 297 g/mol. The molecule has 0 aliphatic carbocycles. The van der Waals surface area contributed by atoms with Crippen molar-refractivity contribution in [3.63, 3.8) is 0 Å². The summed E-state index contributed by atoms with van der Waals surface area (Å²) >= 11 is 0.